The van der Waals surface area contributed by atoms with Gasteiger partial charge in [-0.25, -0.2) is 0 Å². The van der Waals surface area contributed by atoms with Crippen molar-refractivity contribution in [1.82, 2.24) is 0 Å². The summed E-state index contributed by atoms with van der Waals surface area (Å²) in [7, 11) is 0. The number of rotatable bonds is 4. The molecule has 8 heteroatoms. The Bertz CT molecular complexity index is 1200. The Morgan fingerprint density at radius 1 is 1.06 bits per heavy atom. The van der Waals surface area contributed by atoms with E-state index in [4.69, 9.17) is 4.42 Å². The van der Waals surface area contributed by atoms with E-state index in [0.29, 0.717) is 5.56 Å². The minimum absolute atomic E-state index is 0.0971. The summed E-state index contributed by atoms with van der Waals surface area (Å²) in [4.78, 5) is 27.0. The molecule has 1 atom stereocenters. The van der Waals surface area contributed by atoms with Gasteiger partial charge >= 0.3 is 6.18 Å². The maximum atomic E-state index is 13.3. The van der Waals surface area contributed by atoms with Gasteiger partial charge < -0.3 is 9.52 Å². The molecule has 0 bridgehead atoms. The van der Waals surface area contributed by atoms with Gasteiger partial charge in [0.05, 0.1) is 23.4 Å². The van der Waals surface area contributed by atoms with Crippen LogP contribution < -0.4 is 4.90 Å². The molecule has 2 heterocycles. The Labute approximate surface area is 175 Å². The Hall–Kier alpha value is -3.81. The summed E-state index contributed by atoms with van der Waals surface area (Å²) in [6.45, 7) is 1.80. The van der Waals surface area contributed by atoms with Gasteiger partial charge in [-0.05, 0) is 42.8 Å². The summed E-state index contributed by atoms with van der Waals surface area (Å²) < 4.78 is 44.9. The highest BCUT2D eigenvalue weighted by atomic mass is 19.4. The van der Waals surface area contributed by atoms with E-state index in [9.17, 15) is 27.9 Å². The predicted octanol–water partition coefficient (Wildman–Crippen LogP) is 5.39. The van der Waals surface area contributed by atoms with Crippen molar-refractivity contribution in [2.24, 2.45) is 0 Å². The van der Waals surface area contributed by atoms with Gasteiger partial charge in [0, 0.05) is 5.69 Å². The number of aryl methyl sites for hydroxylation is 1. The van der Waals surface area contributed by atoms with Gasteiger partial charge in [0.25, 0.3) is 5.91 Å². The van der Waals surface area contributed by atoms with Crippen LogP contribution in [-0.4, -0.2) is 16.8 Å². The van der Waals surface area contributed by atoms with Gasteiger partial charge in [-0.15, -0.1) is 0 Å². The second kappa shape index (κ2) is 7.46. The molecular formula is C23H16F3NO4. The highest BCUT2D eigenvalue weighted by molar-refractivity contribution is 6.20. The van der Waals surface area contributed by atoms with E-state index < -0.39 is 35.2 Å². The van der Waals surface area contributed by atoms with Gasteiger partial charge in [-0.1, -0.05) is 35.9 Å². The first kappa shape index (κ1) is 20.5. The first-order valence-corrected chi connectivity index (χ1v) is 9.27. The number of hydrogen-bond acceptors (Lipinski definition) is 4. The molecule has 5 nitrogen and oxygen atoms in total. The molecule has 1 amide bonds. The Balaban J connectivity index is 1.90. The van der Waals surface area contributed by atoms with Crippen LogP contribution in [0.25, 0.3) is 0 Å². The maximum Gasteiger partial charge on any atom is 0.416 e. The molecule has 3 aromatic rings. The standard InChI is InChI=1S/C23H16F3NO4/c1-13-5-2-6-14(11-13)19-18(20(28)17-9-4-10-31-17)21(29)22(30)27(19)16-8-3-7-15(12-16)23(24,25)26/h2-12,19,29H,1H3. The van der Waals surface area contributed by atoms with Crippen LogP contribution in [0.15, 0.2) is 82.7 Å². The lowest BCUT2D eigenvalue weighted by molar-refractivity contribution is -0.137. The van der Waals surface area contributed by atoms with Crippen LogP contribution in [0.5, 0.6) is 0 Å². The molecule has 0 saturated heterocycles. The van der Waals surface area contributed by atoms with Crippen molar-refractivity contribution >= 4 is 17.4 Å². The number of anilines is 1. The lowest BCUT2D eigenvalue weighted by Gasteiger charge is -2.27. The van der Waals surface area contributed by atoms with E-state index in [0.717, 1.165) is 22.6 Å². The number of furan rings is 1. The molecule has 1 aromatic heterocycles. The van der Waals surface area contributed by atoms with Crippen molar-refractivity contribution in [3.05, 3.63) is 101 Å². The first-order valence-electron chi connectivity index (χ1n) is 9.27. The lowest BCUT2D eigenvalue weighted by atomic mass is 9.94. The van der Waals surface area contributed by atoms with Crippen molar-refractivity contribution < 1.29 is 32.3 Å². The van der Waals surface area contributed by atoms with Gasteiger partial charge in [0.15, 0.2) is 11.5 Å². The predicted molar refractivity (Wildman–Crippen MR) is 106 cm³/mol. The van der Waals surface area contributed by atoms with Crippen LogP contribution >= 0.6 is 0 Å². The highest BCUT2D eigenvalue weighted by Gasteiger charge is 2.45. The van der Waals surface area contributed by atoms with Crippen LogP contribution in [0.4, 0.5) is 18.9 Å². The largest absolute Gasteiger partial charge is 0.503 e. The number of carbonyl (C=O) groups excluding carboxylic acids is 2. The Morgan fingerprint density at radius 2 is 1.81 bits per heavy atom. The van der Waals surface area contributed by atoms with Gasteiger partial charge in [-0.2, -0.15) is 13.2 Å². The van der Waals surface area contributed by atoms with Crippen LogP contribution in [0.3, 0.4) is 0 Å². The number of aliphatic hydroxyl groups is 1. The summed E-state index contributed by atoms with van der Waals surface area (Å²) in [5.41, 5.74) is -0.0379. The molecular weight excluding hydrogens is 411 g/mol. The van der Waals surface area contributed by atoms with Crippen molar-refractivity contribution in [2.45, 2.75) is 19.1 Å². The van der Waals surface area contributed by atoms with E-state index in [1.54, 1.807) is 31.2 Å². The van der Waals surface area contributed by atoms with E-state index in [1.165, 1.54) is 30.5 Å². The molecule has 0 aliphatic carbocycles. The summed E-state index contributed by atoms with van der Waals surface area (Å²) >= 11 is 0. The quantitative estimate of drug-likeness (QED) is 0.567. The number of halogens is 3. The third-order valence-electron chi connectivity index (χ3n) is 5.01. The smallest absolute Gasteiger partial charge is 0.416 e. The zero-order chi connectivity index (χ0) is 22.3. The molecule has 4 rings (SSSR count). The van der Waals surface area contributed by atoms with Crippen molar-refractivity contribution in [3.8, 4) is 0 Å². The zero-order valence-corrected chi connectivity index (χ0v) is 16.2. The SMILES string of the molecule is Cc1cccc(C2C(C(=O)c3ccco3)=C(O)C(=O)N2c2cccc(C(F)(F)F)c2)c1. The molecule has 158 valence electrons. The Morgan fingerprint density at radius 3 is 2.45 bits per heavy atom. The minimum atomic E-state index is -4.63. The average Bonchev–Trinajstić information content (AvgIpc) is 3.35. The number of amides is 1. The first-order chi connectivity index (χ1) is 14.7. The zero-order valence-electron chi connectivity index (χ0n) is 16.2. The van der Waals surface area contributed by atoms with E-state index in [1.807, 2.05) is 0 Å². The summed E-state index contributed by atoms with van der Waals surface area (Å²) in [5.74, 6) is -2.62. The van der Waals surface area contributed by atoms with Gasteiger partial charge in [-0.3, -0.25) is 14.5 Å². The molecule has 0 fully saturated rings. The number of alkyl halides is 3. The van der Waals surface area contributed by atoms with Crippen LogP contribution in [-0.2, 0) is 11.0 Å². The molecule has 0 saturated carbocycles. The third-order valence-corrected chi connectivity index (χ3v) is 5.01. The summed E-state index contributed by atoms with van der Waals surface area (Å²) in [6, 6.07) is 12.8. The second-order valence-electron chi connectivity index (χ2n) is 7.11. The molecule has 1 unspecified atom stereocenters. The number of aliphatic hydroxyl groups excluding tert-OH is 1. The number of carbonyl (C=O) groups is 2. The van der Waals surface area contributed by atoms with Crippen molar-refractivity contribution in [1.29, 1.82) is 0 Å². The summed E-state index contributed by atoms with van der Waals surface area (Å²) in [5, 5.41) is 10.6. The van der Waals surface area contributed by atoms with Gasteiger partial charge in [0.1, 0.15) is 0 Å². The fraction of sp³-hybridized carbons (Fsp3) is 0.130. The number of ketones is 1. The maximum absolute atomic E-state index is 13.3. The van der Waals surface area contributed by atoms with Crippen molar-refractivity contribution in [3.63, 3.8) is 0 Å². The lowest BCUT2D eigenvalue weighted by Crippen LogP contribution is -2.31. The number of benzene rings is 2. The molecule has 1 aliphatic heterocycles. The van der Waals surface area contributed by atoms with Crippen LogP contribution in [0.1, 0.15) is 33.3 Å². The number of nitrogens with zero attached hydrogens (tertiary/aromatic N) is 1. The molecule has 31 heavy (non-hydrogen) atoms. The molecule has 1 N–H and O–H groups in total. The fourth-order valence-electron chi connectivity index (χ4n) is 3.63. The van der Waals surface area contributed by atoms with Crippen molar-refractivity contribution in [2.75, 3.05) is 4.90 Å². The molecule has 2 aromatic carbocycles. The summed E-state index contributed by atoms with van der Waals surface area (Å²) in [6.07, 6.45) is -3.35. The Kier molecular flexibility index (Phi) is 4.93. The highest BCUT2D eigenvalue weighted by Crippen LogP contribution is 2.43. The van der Waals surface area contributed by atoms with Crippen LogP contribution in [0, 0.1) is 6.92 Å². The van der Waals surface area contributed by atoms with E-state index in [-0.39, 0.29) is 17.0 Å². The van der Waals surface area contributed by atoms with Gasteiger partial charge in [0.2, 0.25) is 5.78 Å². The normalized spacial score (nSPS) is 16.8. The molecule has 0 radical (unpaired) electrons. The van der Waals surface area contributed by atoms with Crippen LogP contribution in [0.2, 0.25) is 0 Å². The average molecular weight is 427 g/mol. The third kappa shape index (κ3) is 3.61. The molecule has 1 aliphatic rings. The minimum Gasteiger partial charge on any atom is -0.503 e. The molecule has 0 spiro atoms. The second-order valence-corrected chi connectivity index (χ2v) is 7.11. The van der Waals surface area contributed by atoms with E-state index in [2.05, 4.69) is 0 Å². The number of Topliss-reactive ketones (excluding diaryl/α,β-unsaturated/α-hetero) is 1. The number of hydrogen-bond donors (Lipinski definition) is 1. The monoisotopic (exact) mass is 427 g/mol. The topological polar surface area (TPSA) is 70.7 Å². The fourth-order valence-corrected chi connectivity index (χ4v) is 3.63. The van der Waals surface area contributed by atoms with E-state index >= 15 is 0 Å².